The minimum atomic E-state index is 0.658. The van der Waals surface area contributed by atoms with Crippen LogP contribution in [0.15, 0.2) is 28.7 Å². The summed E-state index contributed by atoms with van der Waals surface area (Å²) in [6.07, 6.45) is 4.02. The SMILES string of the molecule is CC1CCC(CNc2nc3ccccc3o2)C1. The maximum Gasteiger partial charge on any atom is 0.295 e. The van der Waals surface area contributed by atoms with E-state index in [9.17, 15) is 0 Å². The van der Waals surface area contributed by atoms with E-state index in [1.165, 1.54) is 19.3 Å². The third-order valence-corrected chi connectivity index (χ3v) is 3.64. The van der Waals surface area contributed by atoms with Crippen molar-refractivity contribution in [3.05, 3.63) is 24.3 Å². The molecule has 1 aromatic carbocycles. The van der Waals surface area contributed by atoms with Crippen LogP contribution >= 0.6 is 0 Å². The maximum atomic E-state index is 5.63. The number of aromatic nitrogens is 1. The first kappa shape index (κ1) is 10.6. The first-order valence-electron chi connectivity index (χ1n) is 6.40. The minimum Gasteiger partial charge on any atom is -0.424 e. The number of nitrogens with zero attached hydrogens (tertiary/aromatic N) is 1. The van der Waals surface area contributed by atoms with Crippen LogP contribution in [0.3, 0.4) is 0 Å². The predicted molar refractivity (Wildman–Crippen MR) is 69.0 cm³/mol. The standard InChI is InChI=1S/C14H18N2O/c1-10-6-7-11(8-10)9-15-14-16-12-4-2-3-5-13(12)17-14/h2-5,10-11H,6-9H2,1H3,(H,15,16). The zero-order valence-electron chi connectivity index (χ0n) is 10.1. The summed E-state index contributed by atoms with van der Waals surface area (Å²) in [6, 6.07) is 8.53. The van der Waals surface area contributed by atoms with Crippen LogP contribution < -0.4 is 5.32 Å². The molecule has 1 heterocycles. The summed E-state index contributed by atoms with van der Waals surface area (Å²) >= 11 is 0. The second-order valence-corrected chi connectivity index (χ2v) is 5.15. The molecule has 3 heteroatoms. The van der Waals surface area contributed by atoms with Crippen molar-refractivity contribution in [1.29, 1.82) is 0 Å². The first-order valence-corrected chi connectivity index (χ1v) is 6.40. The fourth-order valence-electron chi connectivity index (χ4n) is 2.69. The molecule has 1 aliphatic carbocycles. The van der Waals surface area contributed by atoms with Crippen molar-refractivity contribution in [2.45, 2.75) is 26.2 Å². The van der Waals surface area contributed by atoms with Crippen molar-refractivity contribution in [1.82, 2.24) is 4.98 Å². The summed E-state index contributed by atoms with van der Waals surface area (Å²) in [6.45, 7) is 3.32. The number of anilines is 1. The van der Waals surface area contributed by atoms with Crippen LogP contribution in [0, 0.1) is 11.8 Å². The van der Waals surface area contributed by atoms with E-state index in [0.717, 1.165) is 29.5 Å². The van der Waals surface area contributed by atoms with E-state index < -0.39 is 0 Å². The van der Waals surface area contributed by atoms with Gasteiger partial charge in [0.1, 0.15) is 5.52 Å². The second-order valence-electron chi connectivity index (χ2n) is 5.15. The molecule has 0 bridgehead atoms. The van der Waals surface area contributed by atoms with Crippen molar-refractivity contribution in [3.63, 3.8) is 0 Å². The lowest BCUT2D eigenvalue weighted by Gasteiger charge is -2.08. The molecule has 90 valence electrons. The zero-order chi connectivity index (χ0) is 11.7. The Kier molecular flexibility index (Phi) is 2.75. The fraction of sp³-hybridized carbons (Fsp3) is 0.500. The van der Waals surface area contributed by atoms with E-state index in [0.29, 0.717) is 6.01 Å². The van der Waals surface area contributed by atoms with Crippen LogP contribution in [0.2, 0.25) is 0 Å². The summed E-state index contributed by atoms with van der Waals surface area (Å²) in [5, 5.41) is 3.32. The van der Waals surface area contributed by atoms with E-state index in [2.05, 4.69) is 17.2 Å². The van der Waals surface area contributed by atoms with Gasteiger partial charge in [-0.25, -0.2) is 0 Å². The molecule has 1 saturated carbocycles. The third-order valence-electron chi connectivity index (χ3n) is 3.64. The summed E-state index contributed by atoms with van der Waals surface area (Å²) in [5.74, 6) is 1.66. The number of nitrogens with one attached hydrogen (secondary N) is 1. The van der Waals surface area contributed by atoms with Gasteiger partial charge < -0.3 is 9.73 Å². The number of hydrogen-bond donors (Lipinski definition) is 1. The van der Waals surface area contributed by atoms with Crippen LogP contribution in [-0.4, -0.2) is 11.5 Å². The molecule has 0 amide bonds. The Balaban J connectivity index is 1.65. The molecule has 1 N–H and O–H groups in total. The van der Waals surface area contributed by atoms with Crippen LogP contribution in [0.25, 0.3) is 11.1 Å². The van der Waals surface area contributed by atoms with Crippen LogP contribution in [0.5, 0.6) is 0 Å². The molecule has 1 aromatic heterocycles. The molecule has 0 spiro atoms. The van der Waals surface area contributed by atoms with E-state index in [4.69, 9.17) is 4.42 Å². The molecular formula is C14H18N2O. The second kappa shape index (κ2) is 4.40. The van der Waals surface area contributed by atoms with E-state index in [-0.39, 0.29) is 0 Å². The molecule has 2 aromatic rings. The van der Waals surface area contributed by atoms with Crippen molar-refractivity contribution >= 4 is 17.1 Å². The summed E-state index contributed by atoms with van der Waals surface area (Å²) in [5.41, 5.74) is 1.78. The Morgan fingerprint density at radius 3 is 3.00 bits per heavy atom. The number of rotatable bonds is 3. The molecule has 2 unspecified atom stereocenters. The summed E-state index contributed by atoms with van der Waals surface area (Å²) < 4.78 is 5.63. The van der Waals surface area contributed by atoms with Crippen molar-refractivity contribution < 1.29 is 4.42 Å². The van der Waals surface area contributed by atoms with Gasteiger partial charge in [0.15, 0.2) is 5.58 Å². The van der Waals surface area contributed by atoms with Crippen LogP contribution in [0.1, 0.15) is 26.2 Å². The Morgan fingerprint density at radius 1 is 1.35 bits per heavy atom. The third kappa shape index (κ3) is 2.28. The van der Waals surface area contributed by atoms with Gasteiger partial charge in [-0.05, 0) is 36.8 Å². The van der Waals surface area contributed by atoms with Crippen molar-refractivity contribution in [2.75, 3.05) is 11.9 Å². The average Bonchev–Trinajstić information content (AvgIpc) is 2.91. The molecular weight excluding hydrogens is 212 g/mol. The highest BCUT2D eigenvalue weighted by atomic mass is 16.4. The molecule has 1 fully saturated rings. The van der Waals surface area contributed by atoms with Gasteiger partial charge in [-0.15, -0.1) is 0 Å². The quantitative estimate of drug-likeness (QED) is 0.874. The topological polar surface area (TPSA) is 38.1 Å². The Morgan fingerprint density at radius 2 is 2.24 bits per heavy atom. The Hall–Kier alpha value is -1.51. The van der Waals surface area contributed by atoms with E-state index in [1.807, 2.05) is 24.3 Å². The minimum absolute atomic E-state index is 0.658. The number of fused-ring (bicyclic) bond motifs is 1. The van der Waals surface area contributed by atoms with Gasteiger partial charge in [-0.1, -0.05) is 25.5 Å². The normalized spacial score (nSPS) is 24.3. The highest BCUT2D eigenvalue weighted by molar-refractivity contribution is 5.74. The van der Waals surface area contributed by atoms with Crippen molar-refractivity contribution in [2.24, 2.45) is 11.8 Å². The molecule has 17 heavy (non-hydrogen) atoms. The largest absolute Gasteiger partial charge is 0.424 e. The van der Waals surface area contributed by atoms with Gasteiger partial charge in [0.05, 0.1) is 0 Å². The summed E-state index contributed by atoms with van der Waals surface area (Å²) in [7, 11) is 0. The zero-order valence-corrected chi connectivity index (χ0v) is 10.1. The van der Waals surface area contributed by atoms with Crippen molar-refractivity contribution in [3.8, 4) is 0 Å². The molecule has 0 radical (unpaired) electrons. The predicted octanol–water partition coefficient (Wildman–Crippen LogP) is 3.68. The number of oxazole rings is 1. The number of benzene rings is 1. The molecule has 3 rings (SSSR count). The maximum absolute atomic E-state index is 5.63. The first-order chi connectivity index (χ1) is 8.31. The fourth-order valence-corrected chi connectivity index (χ4v) is 2.69. The lowest BCUT2D eigenvalue weighted by molar-refractivity contribution is 0.525. The Labute approximate surface area is 101 Å². The van der Waals surface area contributed by atoms with Crippen LogP contribution in [-0.2, 0) is 0 Å². The smallest absolute Gasteiger partial charge is 0.295 e. The number of hydrogen-bond acceptors (Lipinski definition) is 3. The molecule has 0 saturated heterocycles. The Bertz CT molecular complexity index is 473. The van der Waals surface area contributed by atoms with E-state index in [1.54, 1.807) is 0 Å². The lowest BCUT2D eigenvalue weighted by atomic mass is 10.1. The molecule has 3 nitrogen and oxygen atoms in total. The number of para-hydroxylation sites is 2. The van der Waals surface area contributed by atoms with Gasteiger partial charge >= 0.3 is 0 Å². The summed E-state index contributed by atoms with van der Waals surface area (Å²) in [4.78, 5) is 4.41. The van der Waals surface area contributed by atoms with Gasteiger partial charge in [-0.3, -0.25) is 0 Å². The molecule has 2 atom stereocenters. The van der Waals surface area contributed by atoms with Gasteiger partial charge in [-0.2, -0.15) is 4.98 Å². The van der Waals surface area contributed by atoms with E-state index >= 15 is 0 Å². The van der Waals surface area contributed by atoms with Gasteiger partial charge in [0.25, 0.3) is 6.01 Å². The highest BCUT2D eigenvalue weighted by Crippen LogP contribution is 2.30. The lowest BCUT2D eigenvalue weighted by Crippen LogP contribution is -2.11. The monoisotopic (exact) mass is 230 g/mol. The van der Waals surface area contributed by atoms with Gasteiger partial charge in [0, 0.05) is 6.54 Å². The van der Waals surface area contributed by atoms with Crippen LogP contribution in [0.4, 0.5) is 6.01 Å². The molecule has 1 aliphatic rings. The average molecular weight is 230 g/mol. The highest BCUT2D eigenvalue weighted by Gasteiger charge is 2.21. The molecule has 0 aliphatic heterocycles. The van der Waals surface area contributed by atoms with Gasteiger partial charge in [0.2, 0.25) is 0 Å².